The summed E-state index contributed by atoms with van der Waals surface area (Å²) in [6.45, 7) is 8.70. The van der Waals surface area contributed by atoms with Crippen LogP contribution in [0.2, 0.25) is 0 Å². The molecular weight excluding hydrogens is 342 g/mol. The van der Waals surface area contributed by atoms with Gasteiger partial charge in [0.25, 0.3) is 5.91 Å². The summed E-state index contributed by atoms with van der Waals surface area (Å²) in [6.07, 6.45) is 2.44. The first-order valence-corrected chi connectivity index (χ1v) is 9.73. The Morgan fingerprint density at radius 3 is 2.48 bits per heavy atom. The molecule has 6 nitrogen and oxygen atoms in total. The smallest absolute Gasteiger partial charge is 0.253 e. The van der Waals surface area contributed by atoms with E-state index < -0.39 is 0 Å². The minimum absolute atomic E-state index is 0.000166. The largest absolute Gasteiger partial charge is 0.341 e. The third-order valence-electron chi connectivity index (χ3n) is 5.07. The molecule has 1 fully saturated rings. The number of aryl methyl sites for hydroxylation is 1. The lowest BCUT2D eigenvalue weighted by atomic mass is 9.91. The van der Waals surface area contributed by atoms with Crippen LogP contribution in [0.5, 0.6) is 0 Å². The Bertz CT molecular complexity index is 752. The molecule has 0 unspecified atom stereocenters. The van der Waals surface area contributed by atoms with Crippen molar-refractivity contribution in [1.29, 1.82) is 0 Å². The first kappa shape index (κ1) is 19.4. The second-order valence-electron chi connectivity index (χ2n) is 8.68. The van der Waals surface area contributed by atoms with Crippen molar-refractivity contribution in [3.63, 3.8) is 0 Å². The van der Waals surface area contributed by atoms with E-state index in [1.165, 1.54) is 0 Å². The van der Waals surface area contributed by atoms with Gasteiger partial charge in [-0.1, -0.05) is 20.8 Å². The number of rotatable bonds is 2. The predicted molar refractivity (Wildman–Crippen MR) is 105 cm³/mol. The van der Waals surface area contributed by atoms with E-state index in [9.17, 15) is 14.4 Å². The van der Waals surface area contributed by atoms with E-state index >= 15 is 0 Å². The Labute approximate surface area is 160 Å². The Morgan fingerprint density at radius 1 is 1.04 bits per heavy atom. The van der Waals surface area contributed by atoms with Gasteiger partial charge in [-0.05, 0) is 42.0 Å². The number of amides is 3. The average Bonchev–Trinajstić information content (AvgIpc) is 2.85. The van der Waals surface area contributed by atoms with Gasteiger partial charge in [0.2, 0.25) is 11.8 Å². The fraction of sp³-hybridized carbons (Fsp3) is 0.571. The van der Waals surface area contributed by atoms with E-state index in [-0.39, 0.29) is 23.1 Å². The number of hydrogen-bond donors (Lipinski definition) is 1. The molecule has 2 heterocycles. The number of benzene rings is 1. The molecule has 2 aliphatic rings. The molecule has 1 aromatic carbocycles. The number of anilines is 1. The van der Waals surface area contributed by atoms with Gasteiger partial charge in [-0.15, -0.1) is 0 Å². The summed E-state index contributed by atoms with van der Waals surface area (Å²) in [5.41, 5.74) is 2.44. The lowest BCUT2D eigenvalue weighted by Gasteiger charge is -2.26. The molecule has 0 spiro atoms. The van der Waals surface area contributed by atoms with Gasteiger partial charge in [-0.2, -0.15) is 0 Å². The molecule has 0 radical (unpaired) electrons. The van der Waals surface area contributed by atoms with Gasteiger partial charge in [0.1, 0.15) is 0 Å². The number of nitrogens with one attached hydrogen (secondary N) is 1. The molecular formula is C21H29N3O3. The molecule has 0 aliphatic carbocycles. The molecule has 3 amide bonds. The van der Waals surface area contributed by atoms with Gasteiger partial charge in [-0.3, -0.25) is 14.4 Å². The zero-order valence-electron chi connectivity index (χ0n) is 16.5. The fourth-order valence-electron chi connectivity index (χ4n) is 3.63. The molecule has 0 saturated carbocycles. The summed E-state index contributed by atoms with van der Waals surface area (Å²) < 4.78 is 0. The average molecular weight is 371 g/mol. The van der Waals surface area contributed by atoms with Crippen molar-refractivity contribution in [2.45, 2.75) is 46.5 Å². The number of fused-ring (bicyclic) bond motifs is 1. The van der Waals surface area contributed by atoms with Gasteiger partial charge in [-0.25, -0.2) is 0 Å². The maximum absolute atomic E-state index is 12.9. The van der Waals surface area contributed by atoms with Crippen LogP contribution < -0.4 is 5.32 Å². The van der Waals surface area contributed by atoms with Gasteiger partial charge < -0.3 is 15.1 Å². The standard InChI is InChI=1S/C21H29N3O3/c1-21(2,3)14-19(26)23-9-4-10-24(12-11-23)20(27)16-5-7-17-15(13-16)6-8-18(25)22-17/h5,7,13H,4,6,8-12,14H2,1-3H3,(H,22,25). The topological polar surface area (TPSA) is 69.7 Å². The molecule has 27 heavy (non-hydrogen) atoms. The van der Waals surface area contributed by atoms with E-state index in [1.54, 1.807) is 6.07 Å². The van der Waals surface area contributed by atoms with Crippen molar-refractivity contribution in [3.8, 4) is 0 Å². The molecule has 0 bridgehead atoms. The molecule has 1 aromatic rings. The van der Waals surface area contributed by atoms with Crippen molar-refractivity contribution >= 4 is 23.4 Å². The van der Waals surface area contributed by atoms with Gasteiger partial charge in [0, 0.05) is 50.3 Å². The van der Waals surface area contributed by atoms with Crippen molar-refractivity contribution in [1.82, 2.24) is 9.80 Å². The van der Waals surface area contributed by atoms with Crippen molar-refractivity contribution in [2.75, 3.05) is 31.5 Å². The van der Waals surface area contributed by atoms with Gasteiger partial charge in [0.15, 0.2) is 0 Å². The van der Waals surface area contributed by atoms with Crippen LogP contribution in [-0.4, -0.2) is 53.7 Å². The highest BCUT2D eigenvalue weighted by molar-refractivity contribution is 5.98. The Hall–Kier alpha value is -2.37. The van der Waals surface area contributed by atoms with E-state index in [4.69, 9.17) is 0 Å². The summed E-state index contributed by atoms with van der Waals surface area (Å²) in [5.74, 6) is 0.190. The maximum atomic E-state index is 12.9. The molecule has 0 atom stereocenters. The lowest BCUT2D eigenvalue weighted by Crippen LogP contribution is -2.38. The van der Waals surface area contributed by atoms with Crippen molar-refractivity contribution in [2.24, 2.45) is 5.41 Å². The second kappa shape index (κ2) is 7.71. The monoisotopic (exact) mass is 371 g/mol. The molecule has 146 valence electrons. The first-order valence-electron chi connectivity index (χ1n) is 9.73. The Kier molecular flexibility index (Phi) is 5.53. The molecule has 2 aliphatic heterocycles. The molecule has 1 N–H and O–H groups in total. The van der Waals surface area contributed by atoms with Crippen LogP contribution in [0, 0.1) is 5.41 Å². The third-order valence-corrected chi connectivity index (χ3v) is 5.07. The molecule has 6 heteroatoms. The summed E-state index contributed by atoms with van der Waals surface area (Å²) in [6, 6.07) is 5.49. The SMILES string of the molecule is CC(C)(C)CC(=O)N1CCCN(C(=O)c2ccc3c(c2)CCC(=O)N3)CC1. The minimum atomic E-state index is -0.0303. The van der Waals surface area contributed by atoms with Gasteiger partial charge in [0.05, 0.1) is 0 Å². The van der Waals surface area contributed by atoms with E-state index in [0.29, 0.717) is 51.0 Å². The number of carbonyl (C=O) groups excluding carboxylic acids is 3. The highest BCUT2D eigenvalue weighted by Crippen LogP contribution is 2.25. The van der Waals surface area contributed by atoms with Gasteiger partial charge >= 0.3 is 0 Å². The zero-order chi connectivity index (χ0) is 19.6. The maximum Gasteiger partial charge on any atom is 0.253 e. The van der Waals surface area contributed by atoms with Crippen LogP contribution in [0.15, 0.2) is 18.2 Å². The number of nitrogens with zero attached hydrogens (tertiary/aromatic N) is 2. The van der Waals surface area contributed by atoms with Crippen LogP contribution in [0.4, 0.5) is 5.69 Å². The van der Waals surface area contributed by atoms with Crippen LogP contribution in [0.25, 0.3) is 0 Å². The van der Waals surface area contributed by atoms with Crippen LogP contribution in [0.3, 0.4) is 0 Å². The fourth-order valence-corrected chi connectivity index (χ4v) is 3.63. The Balaban J connectivity index is 1.64. The number of hydrogen-bond acceptors (Lipinski definition) is 3. The molecule has 3 rings (SSSR count). The van der Waals surface area contributed by atoms with Crippen LogP contribution in [-0.2, 0) is 16.0 Å². The van der Waals surface area contributed by atoms with E-state index in [0.717, 1.165) is 17.7 Å². The lowest BCUT2D eigenvalue weighted by molar-refractivity contribution is -0.133. The summed E-state index contributed by atoms with van der Waals surface area (Å²) in [7, 11) is 0. The molecule has 0 aromatic heterocycles. The minimum Gasteiger partial charge on any atom is -0.341 e. The van der Waals surface area contributed by atoms with Crippen molar-refractivity contribution < 1.29 is 14.4 Å². The Morgan fingerprint density at radius 2 is 1.74 bits per heavy atom. The zero-order valence-corrected chi connectivity index (χ0v) is 16.5. The van der Waals surface area contributed by atoms with Crippen LogP contribution in [0.1, 0.15) is 56.0 Å². The quantitative estimate of drug-likeness (QED) is 0.869. The summed E-state index contributed by atoms with van der Waals surface area (Å²) in [4.78, 5) is 40.6. The normalized spacial score (nSPS) is 17.8. The van der Waals surface area contributed by atoms with Crippen molar-refractivity contribution in [3.05, 3.63) is 29.3 Å². The predicted octanol–water partition coefficient (Wildman–Crippen LogP) is 2.68. The van der Waals surface area contributed by atoms with E-state index in [1.807, 2.05) is 21.9 Å². The summed E-state index contributed by atoms with van der Waals surface area (Å²) >= 11 is 0. The highest BCUT2D eigenvalue weighted by Gasteiger charge is 2.26. The summed E-state index contributed by atoms with van der Waals surface area (Å²) in [5, 5.41) is 2.84. The number of carbonyl (C=O) groups is 3. The highest BCUT2D eigenvalue weighted by atomic mass is 16.2. The van der Waals surface area contributed by atoms with Crippen LogP contribution >= 0.6 is 0 Å². The second-order valence-corrected chi connectivity index (χ2v) is 8.68. The van der Waals surface area contributed by atoms with E-state index in [2.05, 4.69) is 26.1 Å². The molecule has 1 saturated heterocycles. The third kappa shape index (κ3) is 4.87. The first-order chi connectivity index (χ1) is 12.7.